The van der Waals surface area contributed by atoms with Crippen molar-refractivity contribution in [2.45, 2.75) is 38.3 Å². The molecule has 0 fully saturated rings. The fraction of sp³-hybridized carbons (Fsp3) is 0.318. The van der Waals surface area contributed by atoms with Crippen LogP contribution in [0.1, 0.15) is 36.6 Å². The number of aromatic nitrogens is 3. The second kappa shape index (κ2) is 10.9. The molecule has 0 saturated carbocycles. The lowest BCUT2D eigenvalue weighted by Gasteiger charge is -2.32. The summed E-state index contributed by atoms with van der Waals surface area (Å²) in [7, 11) is 1.35. The van der Waals surface area contributed by atoms with Gasteiger partial charge in [0.15, 0.2) is 0 Å². The molecule has 1 aromatic carbocycles. The Morgan fingerprint density at radius 1 is 1.38 bits per heavy atom. The maximum absolute atomic E-state index is 12.5. The lowest BCUT2D eigenvalue weighted by atomic mass is 9.92. The number of anilines is 1. The van der Waals surface area contributed by atoms with Crippen LogP contribution in [0.3, 0.4) is 0 Å². The van der Waals surface area contributed by atoms with Gasteiger partial charge in [-0.1, -0.05) is 23.7 Å². The molecule has 0 spiro atoms. The number of halogens is 2. The zero-order valence-corrected chi connectivity index (χ0v) is 21.3. The van der Waals surface area contributed by atoms with Crippen molar-refractivity contribution < 1.29 is 23.0 Å². The van der Waals surface area contributed by atoms with Gasteiger partial charge in [-0.15, -0.1) is 0 Å². The van der Waals surface area contributed by atoms with Crippen molar-refractivity contribution in [1.29, 1.82) is 0 Å². The fourth-order valence-electron chi connectivity index (χ4n) is 3.95. The Labute approximate surface area is 212 Å². The Morgan fingerprint density at radius 3 is 2.88 bits per heavy atom. The van der Waals surface area contributed by atoms with Crippen LogP contribution in [0.2, 0.25) is 5.02 Å². The number of rotatable bonds is 8. The number of nitrogens with zero attached hydrogens (tertiary/aromatic N) is 4. The first-order valence-corrected chi connectivity index (χ1v) is 12.7. The van der Waals surface area contributed by atoms with Crippen LogP contribution < -0.4 is 9.04 Å². The molecule has 0 saturated heterocycles. The number of pyridine rings is 1. The Balaban J connectivity index is 1.61. The number of methoxy groups -OCH3 is 1. The first kappa shape index (κ1) is 24.6. The van der Waals surface area contributed by atoms with E-state index < -0.39 is 11.3 Å². The smallest absolute Gasteiger partial charge is 0.307 e. The number of hydrogen-bond acceptors (Lipinski definition) is 6. The molecule has 1 N–H and O–H groups in total. The fourth-order valence-corrected chi connectivity index (χ4v) is 5.26. The molecule has 34 heavy (non-hydrogen) atoms. The molecule has 1 aliphatic carbocycles. The first-order chi connectivity index (χ1) is 16.4. The maximum atomic E-state index is 12.5. The zero-order valence-electron chi connectivity index (χ0n) is 18.2. The van der Waals surface area contributed by atoms with Crippen LogP contribution in [0.15, 0.2) is 47.2 Å². The first-order valence-electron chi connectivity index (χ1n) is 10.5. The molecule has 0 bridgehead atoms. The molecule has 0 radical (unpaired) electrons. The minimum Gasteiger partial charge on any atom is -0.469 e. The molecule has 2 unspecified atom stereocenters. The average molecular weight is 570 g/mol. The lowest BCUT2D eigenvalue weighted by molar-refractivity contribution is -0.140. The van der Waals surface area contributed by atoms with Gasteiger partial charge >= 0.3 is 5.97 Å². The van der Waals surface area contributed by atoms with E-state index in [4.69, 9.17) is 21.1 Å². The normalized spacial score (nSPS) is 15.9. The summed E-state index contributed by atoms with van der Waals surface area (Å²) < 4.78 is 36.9. The minimum absolute atomic E-state index is 0.203. The van der Waals surface area contributed by atoms with Crippen molar-refractivity contribution in [2.75, 3.05) is 11.4 Å². The monoisotopic (exact) mass is 568 g/mol. The van der Waals surface area contributed by atoms with Gasteiger partial charge < -0.3 is 9.47 Å². The summed E-state index contributed by atoms with van der Waals surface area (Å²) in [6.45, 7) is 0.387. The number of hydrogen-bond donors (Lipinski definition) is 1. The minimum atomic E-state index is -2.32. The van der Waals surface area contributed by atoms with Gasteiger partial charge in [-0.25, -0.2) is 9.19 Å². The SMILES string of the molecule is COC(=O)CCn1ncc2c1CCCC2N(c1cnc(Oc2ccccc2Cl)c(Br)c1)S(=O)O. The molecule has 180 valence electrons. The average Bonchev–Trinajstić information content (AvgIpc) is 3.24. The van der Waals surface area contributed by atoms with E-state index in [1.54, 1.807) is 41.2 Å². The van der Waals surface area contributed by atoms with Gasteiger partial charge in [0, 0.05) is 11.3 Å². The van der Waals surface area contributed by atoms with Crippen LogP contribution in [0.25, 0.3) is 0 Å². The van der Waals surface area contributed by atoms with Gasteiger partial charge in [0.1, 0.15) is 5.75 Å². The van der Waals surface area contributed by atoms with Crippen LogP contribution >= 0.6 is 27.5 Å². The standard InChI is InChI=1S/C22H22BrClN4O5S/c1-32-21(29)9-10-27-18-6-4-7-19(15(18)13-26-27)28(34(30)31)14-11-16(23)22(25-12-14)33-20-8-3-2-5-17(20)24/h2-3,5,8,11-13,19H,4,6-7,9-10H2,1H3,(H,30,31). The topological polar surface area (TPSA) is 107 Å². The highest BCUT2D eigenvalue weighted by Crippen LogP contribution is 2.40. The molecule has 2 aromatic heterocycles. The summed E-state index contributed by atoms with van der Waals surface area (Å²) >= 11 is 7.30. The van der Waals surface area contributed by atoms with Gasteiger partial charge in [0.25, 0.3) is 11.3 Å². The van der Waals surface area contributed by atoms with Crippen molar-refractivity contribution >= 4 is 50.5 Å². The van der Waals surface area contributed by atoms with Gasteiger partial charge in [0.2, 0.25) is 5.88 Å². The Morgan fingerprint density at radius 2 is 2.18 bits per heavy atom. The number of para-hydroxylation sites is 1. The molecule has 2 heterocycles. The van der Waals surface area contributed by atoms with Crippen LogP contribution in [0, 0.1) is 0 Å². The van der Waals surface area contributed by atoms with Crippen molar-refractivity contribution in [2.24, 2.45) is 0 Å². The second-order valence-electron chi connectivity index (χ2n) is 7.57. The van der Waals surface area contributed by atoms with Crippen molar-refractivity contribution in [3.8, 4) is 11.6 Å². The predicted octanol–water partition coefficient (Wildman–Crippen LogP) is 5.07. The highest BCUT2D eigenvalue weighted by molar-refractivity contribution is 9.10. The van der Waals surface area contributed by atoms with Crippen LogP contribution in [-0.4, -0.2) is 36.6 Å². The van der Waals surface area contributed by atoms with E-state index in [0.717, 1.165) is 24.1 Å². The van der Waals surface area contributed by atoms with Crippen LogP contribution in [0.4, 0.5) is 5.69 Å². The molecule has 4 rings (SSSR count). The molecule has 9 nitrogen and oxygen atoms in total. The third-order valence-electron chi connectivity index (χ3n) is 5.53. The number of ether oxygens (including phenoxy) is 2. The molecule has 0 amide bonds. The number of esters is 1. The Hall–Kier alpha value is -2.47. The number of carbonyl (C=O) groups excluding carboxylic acids is 1. The van der Waals surface area contributed by atoms with Gasteiger partial charge in [0.05, 0.1) is 53.7 Å². The molecule has 12 heteroatoms. The van der Waals surface area contributed by atoms with E-state index in [2.05, 4.69) is 26.0 Å². The largest absolute Gasteiger partial charge is 0.469 e. The summed E-state index contributed by atoms with van der Waals surface area (Å²) in [6.07, 6.45) is 5.63. The number of benzene rings is 1. The lowest BCUT2D eigenvalue weighted by Crippen LogP contribution is -2.33. The summed E-state index contributed by atoms with van der Waals surface area (Å²) in [5.41, 5.74) is 2.24. The van der Waals surface area contributed by atoms with E-state index in [9.17, 15) is 13.6 Å². The van der Waals surface area contributed by atoms with Gasteiger partial charge in [-0.3, -0.25) is 18.3 Å². The third-order valence-corrected chi connectivity index (χ3v) is 7.21. The van der Waals surface area contributed by atoms with Crippen molar-refractivity contribution in [3.05, 3.63) is 63.5 Å². The van der Waals surface area contributed by atoms with Crippen molar-refractivity contribution in [1.82, 2.24) is 14.8 Å². The zero-order chi connectivity index (χ0) is 24.2. The van der Waals surface area contributed by atoms with Gasteiger partial charge in [-0.2, -0.15) is 5.10 Å². The molecular weight excluding hydrogens is 548 g/mol. The molecule has 2 atom stereocenters. The molecular formula is C22H22BrClN4O5S. The molecule has 0 aliphatic heterocycles. The summed E-state index contributed by atoms with van der Waals surface area (Å²) in [4.78, 5) is 15.9. The van der Waals surface area contributed by atoms with E-state index >= 15 is 0 Å². The van der Waals surface area contributed by atoms with Crippen molar-refractivity contribution in [3.63, 3.8) is 0 Å². The highest BCUT2D eigenvalue weighted by atomic mass is 79.9. The number of aryl methyl sites for hydroxylation is 1. The summed E-state index contributed by atoms with van der Waals surface area (Å²) in [6, 6.07) is 8.33. The predicted molar refractivity (Wildman–Crippen MR) is 131 cm³/mol. The second-order valence-corrected chi connectivity index (χ2v) is 9.69. The van der Waals surface area contributed by atoms with Gasteiger partial charge in [-0.05, 0) is 53.4 Å². The van der Waals surface area contributed by atoms with E-state index in [-0.39, 0.29) is 24.3 Å². The van der Waals surface area contributed by atoms with Crippen LogP contribution in [-0.2, 0) is 33.8 Å². The summed E-state index contributed by atoms with van der Waals surface area (Å²) in [5, 5.41) is 4.86. The van der Waals surface area contributed by atoms with E-state index in [1.807, 2.05) is 0 Å². The quantitative estimate of drug-likeness (QED) is 0.298. The summed E-state index contributed by atoms with van der Waals surface area (Å²) in [5.74, 6) is 0.411. The Bertz CT molecular complexity index is 1220. The number of fused-ring (bicyclic) bond motifs is 1. The van der Waals surface area contributed by atoms with E-state index in [0.29, 0.717) is 33.9 Å². The van der Waals surface area contributed by atoms with Crippen LogP contribution in [0.5, 0.6) is 11.6 Å². The third kappa shape index (κ3) is 5.27. The Kier molecular flexibility index (Phi) is 7.87. The maximum Gasteiger partial charge on any atom is 0.307 e. The molecule has 3 aromatic rings. The highest BCUT2D eigenvalue weighted by Gasteiger charge is 2.33. The molecule has 1 aliphatic rings. The number of carbonyl (C=O) groups is 1. The van der Waals surface area contributed by atoms with E-state index in [1.165, 1.54) is 17.6 Å².